The fourth-order valence-corrected chi connectivity index (χ4v) is 1.63. The standard InChI is InChI=1S/C6H17NO2Si/c1-6(7)4-3-5-10(2,8)9/h6,8-9H,3-5,7H2,1-2H3. The highest BCUT2D eigenvalue weighted by Crippen LogP contribution is 2.07. The highest BCUT2D eigenvalue weighted by Gasteiger charge is 2.19. The first-order valence-corrected chi connectivity index (χ1v) is 6.22. The predicted octanol–water partition coefficient (Wildman–Crippen LogP) is 0.170. The molecule has 0 aliphatic rings. The smallest absolute Gasteiger partial charge is 0.329 e. The lowest BCUT2D eigenvalue weighted by atomic mass is 10.2. The van der Waals surface area contributed by atoms with Crippen molar-refractivity contribution in [1.29, 1.82) is 0 Å². The van der Waals surface area contributed by atoms with E-state index >= 15 is 0 Å². The Bertz CT molecular complexity index is 90.2. The lowest BCUT2D eigenvalue weighted by molar-refractivity contribution is 0.365. The van der Waals surface area contributed by atoms with Crippen molar-refractivity contribution in [3.05, 3.63) is 0 Å². The van der Waals surface area contributed by atoms with Crippen LogP contribution in [0.2, 0.25) is 12.6 Å². The molecule has 0 saturated carbocycles. The molecule has 0 aliphatic heterocycles. The van der Waals surface area contributed by atoms with Gasteiger partial charge in [0.1, 0.15) is 0 Å². The van der Waals surface area contributed by atoms with E-state index in [0.717, 1.165) is 12.8 Å². The Labute approximate surface area is 63.1 Å². The third-order valence-electron chi connectivity index (χ3n) is 1.31. The van der Waals surface area contributed by atoms with E-state index in [9.17, 15) is 0 Å². The Hall–Kier alpha value is 0.0969. The highest BCUT2D eigenvalue weighted by molar-refractivity contribution is 6.63. The van der Waals surface area contributed by atoms with Gasteiger partial charge in [0.15, 0.2) is 0 Å². The minimum absolute atomic E-state index is 0.177. The zero-order chi connectivity index (χ0) is 8.20. The fourth-order valence-electron chi connectivity index (χ4n) is 0.759. The van der Waals surface area contributed by atoms with Gasteiger partial charge >= 0.3 is 8.56 Å². The molecule has 3 nitrogen and oxygen atoms in total. The van der Waals surface area contributed by atoms with Crippen molar-refractivity contribution >= 4 is 8.56 Å². The largest absolute Gasteiger partial charge is 0.411 e. The molecule has 4 heteroatoms. The third-order valence-corrected chi connectivity index (χ3v) is 2.61. The maximum Gasteiger partial charge on any atom is 0.329 e. The molecule has 0 bridgehead atoms. The van der Waals surface area contributed by atoms with E-state index in [1.807, 2.05) is 6.92 Å². The van der Waals surface area contributed by atoms with Crippen molar-refractivity contribution < 1.29 is 9.59 Å². The van der Waals surface area contributed by atoms with Crippen LogP contribution in [-0.2, 0) is 0 Å². The Morgan fingerprint density at radius 3 is 2.30 bits per heavy atom. The Balaban J connectivity index is 3.21. The second-order valence-electron chi connectivity index (χ2n) is 3.09. The van der Waals surface area contributed by atoms with Gasteiger partial charge in [-0.05, 0) is 32.4 Å². The minimum Gasteiger partial charge on any atom is -0.411 e. The number of rotatable bonds is 4. The normalized spacial score (nSPS) is 15.3. The van der Waals surface area contributed by atoms with Crippen molar-refractivity contribution in [2.45, 2.75) is 38.4 Å². The molecule has 1 unspecified atom stereocenters. The summed E-state index contributed by atoms with van der Waals surface area (Å²) in [4.78, 5) is 18.0. The van der Waals surface area contributed by atoms with Gasteiger partial charge in [0, 0.05) is 6.04 Å². The van der Waals surface area contributed by atoms with E-state index in [1.54, 1.807) is 0 Å². The molecule has 0 spiro atoms. The summed E-state index contributed by atoms with van der Waals surface area (Å²) in [5.41, 5.74) is 5.47. The van der Waals surface area contributed by atoms with Crippen LogP contribution >= 0.6 is 0 Å². The molecule has 62 valence electrons. The predicted molar refractivity (Wildman–Crippen MR) is 43.7 cm³/mol. The average Bonchev–Trinajstić information content (AvgIpc) is 1.59. The van der Waals surface area contributed by atoms with Crippen molar-refractivity contribution in [3.8, 4) is 0 Å². The number of hydrogen-bond donors (Lipinski definition) is 3. The molecule has 0 heterocycles. The average molecular weight is 163 g/mol. The van der Waals surface area contributed by atoms with Gasteiger partial charge in [0.25, 0.3) is 0 Å². The highest BCUT2D eigenvalue weighted by atomic mass is 28.4. The molecule has 0 aromatic heterocycles. The monoisotopic (exact) mass is 163 g/mol. The summed E-state index contributed by atoms with van der Waals surface area (Å²) in [5, 5.41) is 0. The Morgan fingerprint density at radius 1 is 1.50 bits per heavy atom. The van der Waals surface area contributed by atoms with E-state index in [4.69, 9.17) is 15.3 Å². The van der Waals surface area contributed by atoms with E-state index in [-0.39, 0.29) is 6.04 Å². The first-order valence-electron chi connectivity index (χ1n) is 3.62. The molecule has 0 aromatic carbocycles. The molecule has 4 N–H and O–H groups in total. The van der Waals surface area contributed by atoms with Crippen LogP contribution in [0.5, 0.6) is 0 Å². The second-order valence-corrected chi connectivity index (χ2v) is 6.02. The lowest BCUT2D eigenvalue weighted by Gasteiger charge is -2.11. The first-order chi connectivity index (χ1) is 4.42. The molecule has 0 amide bonds. The molecule has 10 heavy (non-hydrogen) atoms. The van der Waals surface area contributed by atoms with Crippen LogP contribution in [0.1, 0.15) is 19.8 Å². The van der Waals surface area contributed by atoms with Gasteiger partial charge in [-0.3, -0.25) is 0 Å². The van der Waals surface area contributed by atoms with E-state index in [1.165, 1.54) is 6.55 Å². The summed E-state index contributed by atoms with van der Waals surface area (Å²) in [5.74, 6) is 0. The quantitative estimate of drug-likeness (QED) is 0.518. The zero-order valence-electron chi connectivity index (χ0n) is 6.67. The van der Waals surface area contributed by atoms with Crippen LogP contribution in [0.3, 0.4) is 0 Å². The molecule has 0 aromatic rings. The Morgan fingerprint density at radius 2 is 2.00 bits per heavy atom. The molecular weight excluding hydrogens is 146 g/mol. The summed E-state index contributed by atoms with van der Waals surface area (Å²) in [6.45, 7) is 3.45. The van der Waals surface area contributed by atoms with Gasteiger partial charge in [-0.2, -0.15) is 0 Å². The topological polar surface area (TPSA) is 66.5 Å². The number of hydrogen-bond acceptors (Lipinski definition) is 3. The van der Waals surface area contributed by atoms with Crippen molar-refractivity contribution in [3.63, 3.8) is 0 Å². The summed E-state index contributed by atoms with van der Waals surface area (Å²) in [6.07, 6.45) is 1.71. The lowest BCUT2D eigenvalue weighted by Crippen LogP contribution is -2.30. The summed E-state index contributed by atoms with van der Waals surface area (Å²) in [7, 11) is -2.78. The van der Waals surface area contributed by atoms with Crippen molar-refractivity contribution in [1.82, 2.24) is 0 Å². The zero-order valence-corrected chi connectivity index (χ0v) is 7.67. The SMILES string of the molecule is CC(N)CCC[Si](C)(O)O. The molecular formula is C6H17NO2Si. The van der Waals surface area contributed by atoms with Crippen LogP contribution in [-0.4, -0.2) is 24.2 Å². The van der Waals surface area contributed by atoms with Gasteiger partial charge in [0.05, 0.1) is 0 Å². The molecule has 0 rings (SSSR count). The van der Waals surface area contributed by atoms with Gasteiger partial charge in [-0.25, -0.2) is 0 Å². The Kier molecular flexibility index (Phi) is 4.11. The van der Waals surface area contributed by atoms with Crippen LogP contribution in [0, 0.1) is 0 Å². The minimum atomic E-state index is -2.78. The third kappa shape index (κ3) is 8.10. The summed E-state index contributed by atoms with van der Waals surface area (Å²) < 4.78 is 0. The van der Waals surface area contributed by atoms with Gasteiger partial charge < -0.3 is 15.3 Å². The maximum atomic E-state index is 8.98. The summed E-state index contributed by atoms with van der Waals surface area (Å²) in [6, 6.07) is 0.713. The van der Waals surface area contributed by atoms with Gasteiger partial charge in [-0.1, -0.05) is 0 Å². The fraction of sp³-hybridized carbons (Fsp3) is 1.00. The van der Waals surface area contributed by atoms with Crippen LogP contribution in [0.4, 0.5) is 0 Å². The second kappa shape index (κ2) is 4.08. The van der Waals surface area contributed by atoms with Crippen molar-refractivity contribution in [2.75, 3.05) is 0 Å². The van der Waals surface area contributed by atoms with Gasteiger partial charge in [-0.15, -0.1) is 0 Å². The van der Waals surface area contributed by atoms with Gasteiger partial charge in [0.2, 0.25) is 0 Å². The van der Waals surface area contributed by atoms with Crippen LogP contribution < -0.4 is 5.73 Å². The maximum absolute atomic E-state index is 8.98. The molecule has 1 atom stereocenters. The molecule has 0 radical (unpaired) electrons. The van der Waals surface area contributed by atoms with E-state index in [0.29, 0.717) is 6.04 Å². The van der Waals surface area contributed by atoms with Crippen LogP contribution in [0.25, 0.3) is 0 Å². The number of nitrogens with two attached hydrogens (primary N) is 1. The van der Waals surface area contributed by atoms with Crippen molar-refractivity contribution in [2.24, 2.45) is 5.73 Å². The van der Waals surface area contributed by atoms with E-state index < -0.39 is 8.56 Å². The molecule has 0 aliphatic carbocycles. The molecule has 0 fully saturated rings. The first kappa shape index (κ1) is 10.1. The molecule has 0 saturated heterocycles. The van der Waals surface area contributed by atoms with E-state index in [2.05, 4.69) is 0 Å². The summed E-state index contributed by atoms with van der Waals surface area (Å²) >= 11 is 0. The van der Waals surface area contributed by atoms with Crippen LogP contribution in [0.15, 0.2) is 0 Å².